The molecule has 0 aliphatic rings. The molecule has 2 rings (SSSR count). The Kier molecular flexibility index (Phi) is 5.73. The lowest BCUT2D eigenvalue weighted by Gasteiger charge is -2.07. The molecular weight excluding hydrogens is 288 g/mol. The summed E-state index contributed by atoms with van der Waals surface area (Å²) in [5.41, 5.74) is 0.270. The first kappa shape index (κ1) is 16.8. The fourth-order valence-corrected chi connectivity index (χ4v) is 1.49. The number of carboxylic acids is 1. The van der Waals surface area contributed by atoms with E-state index in [-0.39, 0.29) is 17.5 Å². The smallest absolute Gasteiger partial charge is 0.315 e. The minimum Gasteiger partial charge on any atom is -0.545 e. The first-order valence-corrected chi connectivity index (χ1v) is 5.91. The van der Waals surface area contributed by atoms with Crippen molar-refractivity contribution in [2.45, 2.75) is 0 Å². The molecule has 8 nitrogen and oxygen atoms in total. The van der Waals surface area contributed by atoms with Crippen molar-refractivity contribution >= 4 is 29.3 Å². The average molecular weight is 302 g/mol. The van der Waals surface area contributed by atoms with E-state index in [1.165, 1.54) is 30.5 Å². The van der Waals surface area contributed by atoms with Crippen LogP contribution >= 0.6 is 0 Å². The van der Waals surface area contributed by atoms with Gasteiger partial charge in [-0.05, 0) is 29.8 Å². The van der Waals surface area contributed by atoms with Crippen molar-refractivity contribution in [3.8, 4) is 0 Å². The number of nitrogens with one attached hydrogen (secondary N) is 2. The van der Waals surface area contributed by atoms with Crippen molar-refractivity contribution in [1.29, 1.82) is 0 Å². The topological polar surface area (TPSA) is 148 Å². The number of pyridine rings is 1. The molecule has 1 heterocycles. The molecular formula is C14H14N4O4. The van der Waals surface area contributed by atoms with Crippen LogP contribution in [0.5, 0.6) is 0 Å². The van der Waals surface area contributed by atoms with E-state index in [4.69, 9.17) is 0 Å². The molecule has 0 saturated heterocycles. The summed E-state index contributed by atoms with van der Waals surface area (Å²) in [6.07, 6.45) is 1.48. The number of nitrogens with zero attached hydrogens (tertiary/aromatic N) is 1. The van der Waals surface area contributed by atoms with Gasteiger partial charge in [0.15, 0.2) is 0 Å². The number of carbonyl (C=O) groups is 3. The lowest BCUT2D eigenvalue weighted by atomic mass is 10.2. The van der Waals surface area contributed by atoms with Gasteiger partial charge in [-0.3, -0.25) is 9.59 Å². The first-order chi connectivity index (χ1) is 10.1. The molecule has 0 saturated carbocycles. The maximum absolute atomic E-state index is 11.7. The number of aromatic carboxylic acids is 1. The van der Waals surface area contributed by atoms with Crippen LogP contribution in [0.25, 0.3) is 0 Å². The second-order valence-electron chi connectivity index (χ2n) is 3.99. The average Bonchev–Trinajstić information content (AvgIpc) is 2.48. The van der Waals surface area contributed by atoms with E-state index in [1.807, 2.05) is 0 Å². The summed E-state index contributed by atoms with van der Waals surface area (Å²) in [4.78, 5) is 37.7. The van der Waals surface area contributed by atoms with Crippen LogP contribution in [0.2, 0.25) is 0 Å². The van der Waals surface area contributed by atoms with Crippen LogP contribution in [-0.2, 0) is 9.59 Å². The highest BCUT2D eigenvalue weighted by Crippen LogP contribution is 2.09. The largest absolute Gasteiger partial charge is 0.545 e. The monoisotopic (exact) mass is 302 g/mol. The van der Waals surface area contributed by atoms with Gasteiger partial charge >= 0.3 is 11.8 Å². The second-order valence-corrected chi connectivity index (χ2v) is 3.99. The molecule has 0 atom stereocenters. The number of aromatic nitrogens is 1. The van der Waals surface area contributed by atoms with Crippen molar-refractivity contribution in [1.82, 2.24) is 11.1 Å². The van der Waals surface area contributed by atoms with E-state index in [2.05, 4.69) is 15.6 Å². The van der Waals surface area contributed by atoms with E-state index in [1.54, 1.807) is 18.2 Å². The third-order valence-electron chi connectivity index (χ3n) is 2.49. The third kappa shape index (κ3) is 4.39. The highest BCUT2D eigenvalue weighted by molar-refractivity contribution is 6.43. The SMILES string of the molecule is O=C(Nc1ccc(C(=O)[O-])cc1)C(=O)Nc1ccccn1.[NH4+]. The number of anilines is 2. The predicted molar refractivity (Wildman–Crippen MR) is 78.3 cm³/mol. The summed E-state index contributed by atoms with van der Waals surface area (Å²) in [6.45, 7) is 0. The molecule has 0 unspecified atom stereocenters. The second kappa shape index (κ2) is 7.50. The lowest BCUT2D eigenvalue weighted by Crippen LogP contribution is -2.29. The highest BCUT2D eigenvalue weighted by atomic mass is 16.4. The summed E-state index contributed by atoms with van der Waals surface area (Å²) in [5.74, 6) is -2.83. The summed E-state index contributed by atoms with van der Waals surface area (Å²) < 4.78 is 0. The van der Waals surface area contributed by atoms with Gasteiger partial charge in [0.25, 0.3) is 0 Å². The van der Waals surface area contributed by atoms with Crippen LogP contribution < -0.4 is 21.9 Å². The Balaban J connectivity index is 0.00000242. The number of quaternary nitrogens is 1. The molecule has 114 valence electrons. The molecule has 6 N–H and O–H groups in total. The van der Waals surface area contributed by atoms with E-state index in [0.717, 1.165) is 0 Å². The molecule has 0 aliphatic carbocycles. The fraction of sp³-hybridized carbons (Fsp3) is 0. The standard InChI is InChI=1S/C14H11N3O4.H3N/c18-12(13(19)17-11-3-1-2-8-15-11)16-10-6-4-9(5-7-10)14(20)21;/h1-8H,(H,16,18)(H,20,21)(H,15,17,19);1H3. The van der Waals surface area contributed by atoms with Crippen molar-refractivity contribution in [2.24, 2.45) is 0 Å². The van der Waals surface area contributed by atoms with E-state index >= 15 is 0 Å². The van der Waals surface area contributed by atoms with Gasteiger partial charge in [0, 0.05) is 11.9 Å². The first-order valence-electron chi connectivity index (χ1n) is 5.91. The molecule has 0 bridgehead atoms. The zero-order valence-corrected chi connectivity index (χ0v) is 11.7. The van der Waals surface area contributed by atoms with Gasteiger partial charge in [-0.1, -0.05) is 18.2 Å². The summed E-state index contributed by atoms with van der Waals surface area (Å²) in [6, 6.07) is 10.1. The number of rotatable bonds is 3. The Hall–Kier alpha value is -3.26. The summed E-state index contributed by atoms with van der Waals surface area (Å²) in [5, 5.41) is 15.2. The highest BCUT2D eigenvalue weighted by Gasteiger charge is 2.14. The van der Waals surface area contributed by atoms with Crippen molar-refractivity contribution in [3.05, 3.63) is 54.2 Å². The minimum absolute atomic E-state index is 0. The summed E-state index contributed by atoms with van der Waals surface area (Å²) in [7, 11) is 0. The zero-order valence-electron chi connectivity index (χ0n) is 11.7. The van der Waals surface area contributed by atoms with Crippen molar-refractivity contribution in [2.75, 3.05) is 10.6 Å². The maximum Gasteiger partial charge on any atom is 0.315 e. The van der Waals surface area contributed by atoms with Gasteiger partial charge in [0.05, 0.1) is 5.97 Å². The normalized spacial score (nSPS) is 9.27. The number of hydrogen-bond acceptors (Lipinski definition) is 5. The molecule has 0 radical (unpaired) electrons. The Morgan fingerprint density at radius 1 is 0.909 bits per heavy atom. The Morgan fingerprint density at radius 3 is 2.09 bits per heavy atom. The number of amides is 2. The number of hydrogen-bond donors (Lipinski definition) is 3. The van der Waals surface area contributed by atoms with E-state index in [0.29, 0.717) is 5.69 Å². The van der Waals surface area contributed by atoms with Gasteiger partial charge in [-0.25, -0.2) is 4.98 Å². The Morgan fingerprint density at radius 2 is 1.55 bits per heavy atom. The van der Waals surface area contributed by atoms with Gasteiger partial charge < -0.3 is 26.7 Å². The summed E-state index contributed by atoms with van der Waals surface area (Å²) >= 11 is 0. The van der Waals surface area contributed by atoms with E-state index in [9.17, 15) is 19.5 Å². The van der Waals surface area contributed by atoms with Crippen LogP contribution in [0.4, 0.5) is 11.5 Å². The lowest BCUT2D eigenvalue weighted by molar-refractivity contribution is -0.255. The predicted octanol–water partition coefficient (Wildman–Crippen LogP) is 0.398. The number of carbonyl (C=O) groups excluding carboxylic acids is 3. The molecule has 2 amide bonds. The quantitative estimate of drug-likeness (QED) is 0.702. The van der Waals surface area contributed by atoms with Crippen LogP contribution in [0.15, 0.2) is 48.7 Å². The molecule has 1 aromatic carbocycles. The van der Waals surface area contributed by atoms with Crippen molar-refractivity contribution in [3.63, 3.8) is 0 Å². The van der Waals surface area contributed by atoms with Crippen LogP contribution in [0, 0.1) is 0 Å². The van der Waals surface area contributed by atoms with Crippen LogP contribution in [-0.4, -0.2) is 22.8 Å². The molecule has 2 aromatic rings. The molecule has 0 fully saturated rings. The zero-order chi connectivity index (χ0) is 15.2. The van der Waals surface area contributed by atoms with Gasteiger partial charge in [-0.15, -0.1) is 0 Å². The molecule has 22 heavy (non-hydrogen) atoms. The van der Waals surface area contributed by atoms with Crippen LogP contribution in [0.1, 0.15) is 10.4 Å². The maximum atomic E-state index is 11.7. The molecule has 0 spiro atoms. The number of benzene rings is 1. The van der Waals surface area contributed by atoms with E-state index < -0.39 is 17.8 Å². The van der Waals surface area contributed by atoms with Gasteiger partial charge in [0.2, 0.25) is 0 Å². The molecule has 1 aromatic heterocycles. The Labute approximate surface area is 125 Å². The molecule has 0 aliphatic heterocycles. The Bertz CT molecular complexity index is 671. The third-order valence-corrected chi connectivity index (χ3v) is 2.49. The van der Waals surface area contributed by atoms with Gasteiger partial charge in [0.1, 0.15) is 5.82 Å². The van der Waals surface area contributed by atoms with Crippen molar-refractivity contribution < 1.29 is 19.5 Å². The fourth-order valence-electron chi connectivity index (χ4n) is 1.49. The number of carboxylic acid groups (broad SMARTS) is 1. The van der Waals surface area contributed by atoms with Crippen LogP contribution in [0.3, 0.4) is 0 Å². The van der Waals surface area contributed by atoms with Gasteiger partial charge in [-0.2, -0.15) is 0 Å². The molecule has 8 heteroatoms. The minimum atomic E-state index is -1.32.